The van der Waals surface area contributed by atoms with Crippen LogP contribution >= 0.6 is 23.1 Å². The van der Waals surface area contributed by atoms with Gasteiger partial charge in [-0.05, 0) is 43.6 Å². The van der Waals surface area contributed by atoms with Crippen molar-refractivity contribution >= 4 is 44.8 Å². The average molecular weight is 324 g/mol. The van der Waals surface area contributed by atoms with Gasteiger partial charge >= 0.3 is 0 Å². The molecule has 21 heavy (non-hydrogen) atoms. The molecule has 114 valence electrons. The van der Waals surface area contributed by atoms with Crippen molar-refractivity contribution in [2.24, 2.45) is 0 Å². The number of nitrogen functional groups attached to an aromatic ring is 1. The zero-order valence-electron chi connectivity index (χ0n) is 12.4. The third-order valence-electron chi connectivity index (χ3n) is 3.27. The van der Waals surface area contributed by atoms with E-state index in [9.17, 15) is 4.79 Å². The molecule has 0 bridgehead atoms. The lowest BCUT2D eigenvalue weighted by atomic mass is 10.2. The molecule has 1 amide bonds. The summed E-state index contributed by atoms with van der Waals surface area (Å²) in [7, 11) is 1.62. The van der Waals surface area contributed by atoms with Crippen LogP contribution in [0.2, 0.25) is 0 Å². The second-order valence-electron chi connectivity index (χ2n) is 4.86. The van der Waals surface area contributed by atoms with Gasteiger partial charge in [0.2, 0.25) is 0 Å². The minimum atomic E-state index is -0.0960. The molecule has 2 rings (SSSR count). The molecule has 0 spiro atoms. The third kappa shape index (κ3) is 3.63. The van der Waals surface area contributed by atoms with Gasteiger partial charge in [0, 0.05) is 16.1 Å². The van der Waals surface area contributed by atoms with Crippen LogP contribution < -0.4 is 15.8 Å². The molecule has 1 atom stereocenters. The van der Waals surface area contributed by atoms with Crippen LogP contribution in [0.15, 0.2) is 18.2 Å². The Labute approximate surface area is 133 Å². The van der Waals surface area contributed by atoms with Crippen LogP contribution in [0.5, 0.6) is 5.75 Å². The first kappa shape index (κ1) is 16.0. The summed E-state index contributed by atoms with van der Waals surface area (Å²) in [4.78, 5) is 12.9. The predicted molar refractivity (Wildman–Crippen MR) is 92.7 cm³/mol. The smallest absolute Gasteiger partial charge is 0.263 e. The summed E-state index contributed by atoms with van der Waals surface area (Å²) in [6.07, 6.45) is 3.01. The Hall–Kier alpha value is -1.40. The van der Waals surface area contributed by atoms with E-state index in [4.69, 9.17) is 10.5 Å². The Morgan fingerprint density at radius 2 is 2.29 bits per heavy atom. The van der Waals surface area contributed by atoms with Crippen molar-refractivity contribution in [1.29, 1.82) is 0 Å². The van der Waals surface area contributed by atoms with Crippen LogP contribution in [0.4, 0.5) is 5.69 Å². The summed E-state index contributed by atoms with van der Waals surface area (Å²) in [6, 6.07) is 5.80. The van der Waals surface area contributed by atoms with Crippen LogP contribution in [-0.4, -0.2) is 31.1 Å². The van der Waals surface area contributed by atoms with Crippen molar-refractivity contribution in [1.82, 2.24) is 5.32 Å². The molecule has 1 aromatic carbocycles. The number of carbonyl (C=O) groups excluding carboxylic acids is 1. The van der Waals surface area contributed by atoms with E-state index in [0.29, 0.717) is 10.6 Å². The molecule has 0 saturated heterocycles. The summed E-state index contributed by atoms with van der Waals surface area (Å²) in [5.74, 6) is 1.70. The van der Waals surface area contributed by atoms with E-state index in [1.807, 2.05) is 25.1 Å². The first-order valence-electron chi connectivity index (χ1n) is 6.72. The summed E-state index contributed by atoms with van der Waals surface area (Å²) < 4.78 is 6.17. The zero-order valence-corrected chi connectivity index (χ0v) is 14.1. The van der Waals surface area contributed by atoms with Crippen molar-refractivity contribution in [2.45, 2.75) is 19.4 Å². The van der Waals surface area contributed by atoms with Gasteiger partial charge in [-0.25, -0.2) is 0 Å². The number of amides is 1. The van der Waals surface area contributed by atoms with Crippen LogP contribution in [0.3, 0.4) is 0 Å². The number of thioether (sulfide) groups is 1. The molecule has 0 fully saturated rings. The van der Waals surface area contributed by atoms with E-state index in [2.05, 4.69) is 11.6 Å². The quantitative estimate of drug-likeness (QED) is 0.855. The molecule has 1 heterocycles. The number of thiophene rings is 1. The van der Waals surface area contributed by atoms with Crippen molar-refractivity contribution < 1.29 is 9.53 Å². The highest BCUT2D eigenvalue weighted by molar-refractivity contribution is 7.98. The van der Waals surface area contributed by atoms with Gasteiger partial charge in [-0.15, -0.1) is 11.3 Å². The van der Waals surface area contributed by atoms with Crippen molar-refractivity contribution in [3.05, 3.63) is 23.1 Å². The number of methoxy groups -OCH3 is 1. The van der Waals surface area contributed by atoms with Crippen molar-refractivity contribution in [3.8, 4) is 5.75 Å². The maximum Gasteiger partial charge on any atom is 0.263 e. The first-order valence-corrected chi connectivity index (χ1v) is 8.93. The standard InChI is InChI=1S/C15H20N2O2S2/c1-9(6-7-20-3)17-15(18)14-13(16)11-5-4-10(19-2)8-12(11)21-14/h4-5,8-9H,6-7,16H2,1-3H3,(H,17,18). The predicted octanol–water partition coefficient (Wildman–Crippen LogP) is 3.36. The fourth-order valence-electron chi connectivity index (χ4n) is 2.05. The SMILES string of the molecule is COc1ccc2c(N)c(C(=O)NC(C)CCSC)sc2c1. The Bertz CT molecular complexity index is 640. The van der Waals surface area contributed by atoms with E-state index in [1.165, 1.54) is 11.3 Å². The zero-order chi connectivity index (χ0) is 15.4. The molecule has 0 saturated carbocycles. The van der Waals surface area contributed by atoms with E-state index in [0.717, 1.165) is 28.0 Å². The molecule has 2 aromatic rings. The van der Waals surface area contributed by atoms with Crippen LogP contribution in [-0.2, 0) is 0 Å². The Morgan fingerprint density at radius 1 is 1.52 bits per heavy atom. The summed E-state index contributed by atoms with van der Waals surface area (Å²) in [5, 5.41) is 3.91. The molecule has 4 nitrogen and oxygen atoms in total. The van der Waals surface area contributed by atoms with E-state index >= 15 is 0 Å². The average Bonchev–Trinajstić information content (AvgIpc) is 2.81. The number of rotatable bonds is 6. The van der Waals surface area contributed by atoms with E-state index in [1.54, 1.807) is 18.9 Å². The topological polar surface area (TPSA) is 64.3 Å². The first-order chi connectivity index (χ1) is 10.1. The van der Waals surface area contributed by atoms with Gasteiger partial charge in [0.15, 0.2) is 0 Å². The monoisotopic (exact) mass is 324 g/mol. The number of nitrogens with two attached hydrogens (primary N) is 1. The summed E-state index contributed by atoms with van der Waals surface area (Å²) in [5.41, 5.74) is 6.66. The highest BCUT2D eigenvalue weighted by Gasteiger charge is 2.18. The van der Waals surface area contributed by atoms with Crippen LogP contribution in [0, 0.1) is 0 Å². The molecule has 0 aliphatic carbocycles. The minimum absolute atomic E-state index is 0.0960. The lowest BCUT2D eigenvalue weighted by molar-refractivity contribution is 0.0944. The number of fused-ring (bicyclic) bond motifs is 1. The number of carbonyl (C=O) groups is 1. The molecule has 0 aliphatic heterocycles. The Kier molecular flexibility index (Phi) is 5.36. The molecular weight excluding hydrogens is 304 g/mol. The molecule has 6 heteroatoms. The van der Waals surface area contributed by atoms with Gasteiger partial charge in [-0.3, -0.25) is 4.79 Å². The number of benzene rings is 1. The van der Waals surface area contributed by atoms with Crippen LogP contribution in [0.25, 0.3) is 10.1 Å². The maximum atomic E-state index is 12.3. The van der Waals surface area contributed by atoms with Gasteiger partial charge in [-0.1, -0.05) is 0 Å². The van der Waals surface area contributed by atoms with Crippen LogP contribution in [0.1, 0.15) is 23.0 Å². The fraction of sp³-hybridized carbons (Fsp3) is 0.400. The maximum absolute atomic E-state index is 12.3. The number of hydrogen-bond donors (Lipinski definition) is 2. The van der Waals surface area contributed by atoms with Gasteiger partial charge in [0.1, 0.15) is 10.6 Å². The number of anilines is 1. The van der Waals surface area contributed by atoms with E-state index < -0.39 is 0 Å². The van der Waals surface area contributed by atoms with Gasteiger partial charge in [0.25, 0.3) is 5.91 Å². The highest BCUT2D eigenvalue weighted by atomic mass is 32.2. The summed E-state index contributed by atoms with van der Waals surface area (Å²) in [6.45, 7) is 2.01. The molecule has 1 aromatic heterocycles. The highest BCUT2D eigenvalue weighted by Crippen LogP contribution is 2.35. The second-order valence-corrected chi connectivity index (χ2v) is 6.90. The number of hydrogen-bond acceptors (Lipinski definition) is 5. The Morgan fingerprint density at radius 3 is 2.95 bits per heavy atom. The molecule has 0 aliphatic rings. The van der Waals surface area contributed by atoms with Gasteiger partial charge in [0.05, 0.1) is 12.8 Å². The summed E-state index contributed by atoms with van der Waals surface area (Å²) >= 11 is 3.18. The Balaban J connectivity index is 2.21. The lowest BCUT2D eigenvalue weighted by Crippen LogP contribution is -2.32. The molecule has 0 radical (unpaired) electrons. The number of ether oxygens (including phenoxy) is 1. The van der Waals surface area contributed by atoms with E-state index in [-0.39, 0.29) is 11.9 Å². The third-order valence-corrected chi connectivity index (χ3v) is 5.09. The molecule has 3 N–H and O–H groups in total. The molecule has 1 unspecified atom stereocenters. The molecular formula is C15H20N2O2S2. The number of nitrogens with one attached hydrogen (secondary N) is 1. The normalized spacial score (nSPS) is 12.3. The largest absolute Gasteiger partial charge is 0.497 e. The van der Waals surface area contributed by atoms with Gasteiger partial charge in [-0.2, -0.15) is 11.8 Å². The van der Waals surface area contributed by atoms with Gasteiger partial charge < -0.3 is 15.8 Å². The van der Waals surface area contributed by atoms with Crippen molar-refractivity contribution in [3.63, 3.8) is 0 Å². The van der Waals surface area contributed by atoms with Crippen molar-refractivity contribution in [2.75, 3.05) is 24.9 Å². The second kappa shape index (κ2) is 7.04. The fourth-order valence-corrected chi connectivity index (χ4v) is 3.69. The minimum Gasteiger partial charge on any atom is -0.497 e. The lowest BCUT2D eigenvalue weighted by Gasteiger charge is -2.12.